The molecule has 146 valence electrons. The zero-order valence-electron chi connectivity index (χ0n) is 16.6. The van der Waals surface area contributed by atoms with Crippen LogP contribution in [0.2, 0.25) is 0 Å². The van der Waals surface area contributed by atoms with Crippen molar-refractivity contribution in [2.24, 2.45) is 5.92 Å². The van der Waals surface area contributed by atoms with E-state index in [9.17, 15) is 4.79 Å². The summed E-state index contributed by atoms with van der Waals surface area (Å²) in [7, 11) is 2.17. The van der Waals surface area contributed by atoms with Gasteiger partial charge in [0.05, 0.1) is 6.61 Å². The van der Waals surface area contributed by atoms with E-state index in [4.69, 9.17) is 4.74 Å². The van der Waals surface area contributed by atoms with Crippen molar-refractivity contribution in [2.45, 2.75) is 39.2 Å². The Morgan fingerprint density at radius 3 is 2.50 bits per heavy atom. The molecule has 26 heavy (non-hydrogen) atoms. The summed E-state index contributed by atoms with van der Waals surface area (Å²) in [4.78, 5) is 17.1. The van der Waals surface area contributed by atoms with Crippen molar-refractivity contribution in [3.8, 4) is 5.75 Å². The molecule has 5 nitrogen and oxygen atoms in total. The number of hydrogen-bond donors (Lipinski definition) is 1. The molecule has 5 heteroatoms. The van der Waals surface area contributed by atoms with E-state index in [1.165, 1.54) is 0 Å². The first-order chi connectivity index (χ1) is 12.5. The third-order valence-electron chi connectivity index (χ3n) is 4.89. The maximum atomic E-state index is 12.2. The predicted octanol–water partition coefficient (Wildman–Crippen LogP) is 2.62. The second-order valence-electron chi connectivity index (χ2n) is 7.69. The molecule has 1 aliphatic rings. The molecule has 0 bridgehead atoms. The van der Waals surface area contributed by atoms with Crippen molar-refractivity contribution < 1.29 is 9.53 Å². The quantitative estimate of drug-likeness (QED) is 0.651. The lowest BCUT2D eigenvalue weighted by Gasteiger charge is -2.38. The van der Waals surface area contributed by atoms with E-state index in [1.807, 2.05) is 30.3 Å². The Labute approximate surface area is 158 Å². The third-order valence-corrected chi connectivity index (χ3v) is 4.89. The normalized spacial score (nSPS) is 17.2. The molecule has 0 aliphatic carbocycles. The minimum absolute atomic E-state index is 0.129. The van der Waals surface area contributed by atoms with Gasteiger partial charge in [-0.2, -0.15) is 0 Å². The number of piperazine rings is 1. The number of ether oxygens (including phenoxy) is 1. The van der Waals surface area contributed by atoms with Crippen LogP contribution in [0.3, 0.4) is 0 Å². The van der Waals surface area contributed by atoms with Gasteiger partial charge in [-0.05, 0) is 37.9 Å². The van der Waals surface area contributed by atoms with Crippen LogP contribution in [0.5, 0.6) is 5.75 Å². The van der Waals surface area contributed by atoms with Gasteiger partial charge in [0.1, 0.15) is 5.75 Å². The molecule has 0 saturated carbocycles. The first-order valence-electron chi connectivity index (χ1n) is 9.91. The summed E-state index contributed by atoms with van der Waals surface area (Å²) in [5.74, 6) is 1.63. The van der Waals surface area contributed by atoms with E-state index in [0.29, 0.717) is 25.0 Å². The van der Waals surface area contributed by atoms with Gasteiger partial charge in [-0.15, -0.1) is 0 Å². The van der Waals surface area contributed by atoms with Crippen LogP contribution in [-0.2, 0) is 4.79 Å². The van der Waals surface area contributed by atoms with Crippen LogP contribution >= 0.6 is 0 Å². The number of likely N-dealkylation sites (N-methyl/N-ethyl adjacent to an activating group) is 1. The first kappa shape index (κ1) is 20.7. The number of carbonyl (C=O) groups is 1. The van der Waals surface area contributed by atoms with Crippen LogP contribution in [0, 0.1) is 5.92 Å². The van der Waals surface area contributed by atoms with Crippen LogP contribution < -0.4 is 10.1 Å². The fourth-order valence-corrected chi connectivity index (χ4v) is 3.35. The van der Waals surface area contributed by atoms with Gasteiger partial charge in [0.25, 0.3) is 0 Å². The Kier molecular flexibility index (Phi) is 8.92. The number of carbonyl (C=O) groups excluding carboxylic acids is 1. The minimum atomic E-state index is 0.129. The lowest BCUT2D eigenvalue weighted by Crippen LogP contribution is -2.52. The van der Waals surface area contributed by atoms with Crippen molar-refractivity contribution >= 4 is 5.91 Å². The minimum Gasteiger partial charge on any atom is -0.494 e. The molecule has 2 rings (SSSR count). The van der Waals surface area contributed by atoms with E-state index in [-0.39, 0.29) is 5.91 Å². The number of hydrogen-bond acceptors (Lipinski definition) is 4. The molecule has 1 saturated heterocycles. The van der Waals surface area contributed by atoms with E-state index in [1.54, 1.807) is 0 Å². The smallest absolute Gasteiger partial charge is 0.220 e. The molecule has 1 heterocycles. The predicted molar refractivity (Wildman–Crippen MR) is 106 cm³/mol. The summed E-state index contributed by atoms with van der Waals surface area (Å²) in [5.41, 5.74) is 0. The Morgan fingerprint density at radius 2 is 1.85 bits per heavy atom. The average Bonchev–Trinajstić information content (AvgIpc) is 2.63. The molecular formula is C21H35N3O2. The summed E-state index contributed by atoms with van der Waals surface area (Å²) in [5, 5.41) is 3.15. The highest BCUT2D eigenvalue weighted by Gasteiger charge is 2.23. The highest BCUT2D eigenvalue weighted by atomic mass is 16.5. The van der Waals surface area contributed by atoms with Crippen molar-refractivity contribution in [1.82, 2.24) is 15.1 Å². The maximum Gasteiger partial charge on any atom is 0.220 e. The van der Waals surface area contributed by atoms with Gasteiger partial charge in [0.2, 0.25) is 5.91 Å². The number of nitrogens with one attached hydrogen (secondary N) is 1. The van der Waals surface area contributed by atoms with E-state index < -0.39 is 0 Å². The van der Waals surface area contributed by atoms with Crippen molar-refractivity contribution in [2.75, 3.05) is 46.4 Å². The molecule has 1 fully saturated rings. The summed E-state index contributed by atoms with van der Waals surface area (Å²) >= 11 is 0. The van der Waals surface area contributed by atoms with E-state index in [0.717, 1.165) is 51.3 Å². The second-order valence-corrected chi connectivity index (χ2v) is 7.69. The molecule has 0 aromatic heterocycles. The Hall–Kier alpha value is -1.59. The zero-order chi connectivity index (χ0) is 18.8. The van der Waals surface area contributed by atoms with Crippen LogP contribution in [0.4, 0.5) is 0 Å². The number of amides is 1. The summed E-state index contributed by atoms with van der Waals surface area (Å²) in [6.07, 6.45) is 2.38. The van der Waals surface area contributed by atoms with E-state index in [2.05, 4.69) is 36.0 Å². The highest BCUT2D eigenvalue weighted by molar-refractivity contribution is 5.75. The topological polar surface area (TPSA) is 44.8 Å². The molecular weight excluding hydrogens is 326 g/mol. The number of benzene rings is 1. The average molecular weight is 362 g/mol. The van der Waals surface area contributed by atoms with Gasteiger partial charge < -0.3 is 15.0 Å². The molecule has 1 atom stereocenters. The van der Waals surface area contributed by atoms with Gasteiger partial charge in [-0.1, -0.05) is 32.0 Å². The molecule has 1 aromatic carbocycles. The van der Waals surface area contributed by atoms with Gasteiger partial charge in [0, 0.05) is 45.2 Å². The van der Waals surface area contributed by atoms with E-state index >= 15 is 0 Å². The van der Waals surface area contributed by atoms with Gasteiger partial charge in [-0.25, -0.2) is 0 Å². The Bertz CT molecular complexity index is 513. The molecule has 1 unspecified atom stereocenters. The molecule has 1 amide bonds. The standard InChI is InChI=1S/C21H35N3O2/c1-18(2)16-19(24-13-11-23(3)12-14-24)17-22-21(25)10-7-15-26-20-8-5-4-6-9-20/h4-6,8-9,18-19H,7,10-17H2,1-3H3,(H,22,25). The van der Waals surface area contributed by atoms with Gasteiger partial charge in [-0.3, -0.25) is 9.69 Å². The fourth-order valence-electron chi connectivity index (χ4n) is 3.35. The third kappa shape index (κ3) is 7.75. The largest absolute Gasteiger partial charge is 0.494 e. The Morgan fingerprint density at radius 1 is 1.15 bits per heavy atom. The lowest BCUT2D eigenvalue weighted by molar-refractivity contribution is -0.121. The maximum absolute atomic E-state index is 12.2. The van der Waals surface area contributed by atoms with Crippen molar-refractivity contribution in [3.63, 3.8) is 0 Å². The van der Waals surface area contributed by atoms with Crippen LogP contribution in [0.15, 0.2) is 30.3 Å². The molecule has 1 aliphatic heterocycles. The molecule has 1 N–H and O–H groups in total. The fraction of sp³-hybridized carbons (Fsp3) is 0.667. The SMILES string of the molecule is CC(C)CC(CNC(=O)CCCOc1ccccc1)N1CCN(C)CC1. The van der Waals surface area contributed by atoms with Crippen LogP contribution in [0.25, 0.3) is 0 Å². The summed E-state index contributed by atoms with van der Waals surface area (Å²) < 4.78 is 5.65. The summed E-state index contributed by atoms with van der Waals surface area (Å²) in [6, 6.07) is 10.2. The number of rotatable bonds is 10. The number of para-hydroxylation sites is 1. The molecule has 1 aromatic rings. The van der Waals surface area contributed by atoms with Crippen LogP contribution in [0.1, 0.15) is 33.1 Å². The highest BCUT2D eigenvalue weighted by Crippen LogP contribution is 2.14. The molecule has 0 spiro atoms. The van der Waals surface area contributed by atoms with Gasteiger partial charge in [0.15, 0.2) is 0 Å². The van der Waals surface area contributed by atoms with Crippen molar-refractivity contribution in [1.29, 1.82) is 0 Å². The molecule has 0 radical (unpaired) electrons. The van der Waals surface area contributed by atoms with Crippen LogP contribution in [-0.4, -0.2) is 68.1 Å². The lowest BCUT2D eigenvalue weighted by atomic mass is 10.0. The first-order valence-corrected chi connectivity index (χ1v) is 9.91. The monoisotopic (exact) mass is 361 g/mol. The Balaban J connectivity index is 1.67. The number of nitrogens with zero attached hydrogens (tertiary/aromatic N) is 2. The zero-order valence-corrected chi connectivity index (χ0v) is 16.6. The van der Waals surface area contributed by atoms with Crippen molar-refractivity contribution in [3.05, 3.63) is 30.3 Å². The second kappa shape index (κ2) is 11.2. The summed E-state index contributed by atoms with van der Waals surface area (Å²) in [6.45, 7) is 10.2. The van der Waals surface area contributed by atoms with Gasteiger partial charge >= 0.3 is 0 Å².